The van der Waals surface area contributed by atoms with E-state index in [4.69, 9.17) is 4.74 Å². The number of aromatic nitrogens is 3. The van der Waals surface area contributed by atoms with Gasteiger partial charge in [0.25, 0.3) is 11.8 Å². The normalized spacial score (nSPS) is 18.2. The molecule has 1 N–H and O–H groups in total. The maximum absolute atomic E-state index is 13.8. The highest BCUT2D eigenvalue weighted by Crippen LogP contribution is 2.50. The second kappa shape index (κ2) is 9.42. The largest absolute Gasteiger partial charge is 0.395 e. The summed E-state index contributed by atoms with van der Waals surface area (Å²) in [5.74, 6) is -0.295. The first-order valence-corrected chi connectivity index (χ1v) is 12.4. The number of fused-ring (bicyclic) bond motifs is 3. The standard InChI is InChI=1S/C28H27N5O4/c34-17-16-32(20-6-2-1-3-7-20)27(36)25-21-8-4-5-9-23(21)28(37-25)10-13-31(14-11-28)26(35)22-18-30-33-15-12-29-19-24(22)33/h1-9,12,15,18-19,25,34H,10-11,13-14,16-17H2. The minimum Gasteiger partial charge on any atom is -0.395 e. The van der Waals surface area contributed by atoms with E-state index in [2.05, 4.69) is 10.1 Å². The first kappa shape index (κ1) is 23.3. The van der Waals surface area contributed by atoms with Crippen molar-refractivity contribution in [1.82, 2.24) is 19.5 Å². The van der Waals surface area contributed by atoms with E-state index in [1.54, 1.807) is 34.2 Å². The molecular formula is C28H27N5O4. The SMILES string of the molecule is O=C(c1cnn2ccncc12)N1CCC2(CC1)OC(C(=O)N(CCO)c1ccccc1)c1ccccc12. The molecule has 0 bridgehead atoms. The van der Waals surface area contributed by atoms with E-state index in [0.717, 1.165) is 11.1 Å². The van der Waals surface area contributed by atoms with Gasteiger partial charge in [-0.25, -0.2) is 4.52 Å². The highest BCUT2D eigenvalue weighted by atomic mass is 16.5. The van der Waals surface area contributed by atoms with E-state index in [-0.39, 0.29) is 25.0 Å². The van der Waals surface area contributed by atoms with Crippen LogP contribution in [0.1, 0.15) is 40.4 Å². The summed E-state index contributed by atoms with van der Waals surface area (Å²) in [5.41, 5.74) is 3.10. The molecule has 1 unspecified atom stereocenters. The molecule has 1 spiro atoms. The molecule has 2 aliphatic heterocycles. The van der Waals surface area contributed by atoms with Crippen LogP contribution in [0.15, 0.2) is 79.4 Å². The number of piperidine rings is 1. The van der Waals surface area contributed by atoms with Crippen molar-refractivity contribution in [2.75, 3.05) is 31.1 Å². The zero-order valence-electron chi connectivity index (χ0n) is 20.2. The molecule has 4 aromatic rings. The molecule has 0 saturated carbocycles. The number of carbonyl (C=O) groups is 2. The van der Waals surface area contributed by atoms with Gasteiger partial charge in [-0.05, 0) is 36.1 Å². The number of nitrogens with zero attached hydrogens (tertiary/aromatic N) is 5. The van der Waals surface area contributed by atoms with Crippen LogP contribution in [0.2, 0.25) is 0 Å². The van der Waals surface area contributed by atoms with Crippen molar-refractivity contribution in [2.24, 2.45) is 0 Å². The Morgan fingerprint density at radius 2 is 1.81 bits per heavy atom. The Morgan fingerprint density at radius 1 is 1.05 bits per heavy atom. The van der Waals surface area contributed by atoms with Gasteiger partial charge >= 0.3 is 0 Å². The highest BCUT2D eigenvalue weighted by Gasteiger charge is 2.50. The van der Waals surface area contributed by atoms with E-state index in [1.807, 2.05) is 59.5 Å². The fourth-order valence-electron chi connectivity index (χ4n) is 5.52. The average molecular weight is 498 g/mol. The maximum Gasteiger partial charge on any atom is 0.260 e. The molecule has 4 heterocycles. The number of aliphatic hydroxyl groups excluding tert-OH is 1. The predicted octanol–water partition coefficient (Wildman–Crippen LogP) is 2.96. The molecule has 0 radical (unpaired) electrons. The third-order valence-corrected chi connectivity index (χ3v) is 7.37. The molecule has 2 amide bonds. The van der Waals surface area contributed by atoms with Crippen LogP contribution < -0.4 is 4.90 Å². The molecule has 1 saturated heterocycles. The van der Waals surface area contributed by atoms with Gasteiger partial charge in [-0.3, -0.25) is 14.6 Å². The number of amides is 2. The lowest BCUT2D eigenvalue weighted by atomic mass is 9.83. The summed E-state index contributed by atoms with van der Waals surface area (Å²) >= 11 is 0. The minimum absolute atomic E-state index is 0.0880. The van der Waals surface area contributed by atoms with Crippen molar-refractivity contribution in [1.29, 1.82) is 0 Å². The molecule has 2 aromatic carbocycles. The Kier molecular flexibility index (Phi) is 5.94. The zero-order valence-corrected chi connectivity index (χ0v) is 20.2. The molecular weight excluding hydrogens is 470 g/mol. The Bertz CT molecular complexity index is 1450. The zero-order chi connectivity index (χ0) is 25.4. The van der Waals surface area contributed by atoms with Crippen molar-refractivity contribution in [3.05, 3.63) is 96.1 Å². The highest BCUT2D eigenvalue weighted by molar-refractivity contribution is 6.00. The molecule has 2 aliphatic rings. The Balaban J connectivity index is 1.25. The fourth-order valence-corrected chi connectivity index (χ4v) is 5.52. The molecule has 9 heteroatoms. The van der Waals surface area contributed by atoms with Crippen molar-refractivity contribution >= 4 is 23.0 Å². The quantitative estimate of drug-likeness (QED) is 0.455. The minimum atomic E-state index is -0.782. The number of carbonyl (C=O) groups excluding carboxylic acids is 2. The number of aliphatic hydroxyl groups is 1. The summed E-state index contributed by atoms with van der Waals surface area (Å²) in [6.07, 6.45) is 6.93. The third-order valence-electron chi connectivity index (χ3n) is 7.37. The molecule has 188 valence electrons. The van der Waals surface area contributed by atoms with Crippen molar-refractivity contribution < 1.29 is 19.4 Å². The van der Waals surface area contributed by atoms with Crippen molar-refractivity contribution in [2.45, 2.75) is 24.5 Å². The Hall–Kier alpha value is -4.08. The van der Waals surface area contributed by atoms with Gasteiger partial charge in [0.2, 0.25) is 0 Å². The monoisotopic (exact) mass is 497 g/mol. The number of para-hydroxylation sites is 1. The van der Waals surface area contributed by atoms with Crippen LogP contribution in [-0.2, 0) is 15.1 Å². The van der Waals surface area contributed by atoms with Gasteiger partial charge < -0.3 is 19.6 Å². The molecule has 2 aromatic heterocycles. The number of hydrogen-bond acceptors (Lipinski definition) is 6. The van der Waals surface area contributed by atoms with E-state index in [1.165, 1.54) is 0 Å². The second-order valence-corrected chi connectivity index (χ2v) is 9.39. The molecule has 9 nitrogen and oxygen atoms in total. The van der Waals surface area contributed by atoms with E-state index >= 15 is 0 Å². The Labute approximate surface area is 213 Å². The summed E-state index contributed by atoms with van der Waals surface area (Å²) in [4.78, 5) is 34.6. The first-order chi connectivity index (χ1) is 18.1. The fraction of sp³-hybridized carbons (Fsp3) is 0.286. The summed E-state index contributed by atoms with van der Waals surface area (Å²) in [6, 6.07) is 17.2. The maximum atomic E-state index is 13.8. The third kappa shape index (κ3) is 3.96. The molecule has 1 atom stereocenters. The molecule has 6 rings (SSSR count). The van der Waals surface area contributed by atoms with Crippen LogP contribution in [0.4, 0.5) is 5.69 Å². The topological polar surface area (TPSA) is 100 Å². The Morgan fingerprint density at radius 3 is 2.59 bits per heavy atom. The molecule has 0 aliphatic carbocycles. The summed E-state index contributed by atoms with van der Waals surface area (Å²) < 4.78 is 8.26. The van der Waals surface area contributed by atoms with Gasteiger partial charge in [0.1, 0.15) is 0 Å². The first-order valence-electron chi connectivity index (χ1n) is 12.4. The number of anilines is 1. The predicted molar refractivity (Wildman–Crippen MR) is 136 cm³/mol. The van der Waals surface area contributed by atoms with Crippen molar-refractivity contribution in [3.63, 3.8) is 0 Å². The van der Waals surface area contributed by atoms with E-state index in [0.29, 0.717) is 42.7 Å². The van der Waals surface area contributed by atoms with Crippen LogP contribution in [0.3, 0.4) is 0 Å². The van der Waals surface area contributed by atoms with E-state index in [9.17, 15) is 14.7 Å². The van der Waals surface area contributed by atoms with E-state index < -0.39 is 11.7 Å². The number of benzene rings is 2. The smallest absolute Gasteiger partial charge is 0.260 e. The number of likely N-dealkylation sites (tertiary alicyclic amines) is 1. The van der Waals surface area contributed by atoms with Gasteiger partial charge in [-0.15, -0.1) is 0 Å². The number of ether oxygens (including phenoxy) is 1. The van der Waals surface area contributed by atoms with Gasteiger partial charge in [0.15, 0.2) is 6.10 Å². The summed E-state index contributed by atoms with van der Waals surface area (Å²) in [7, 11) is 0. The number of hydrogen-bond donors (Lipinski definition) is 1. The lowest BCUT2D eigenvalue weighted by Crippen LogP contribution is -2.46. The van der Waals surface area contributed by atoms with Crippen LogP contribution in [0.25, 0.3) is 5.52 Å². The molecule has 37 heavy (non-hydrogen) atoms. The van der Waals surface area contributed by atoms with Crippen LogP contribution in [-0.4, -0.2) is 62.7 Å². The summed E-state index contributed by atoms with van der Waals surface area (Å²) in [6.45, 7) is 1.00. The van der Waals surface area contributed by atoms with Crippen molar-refractivity contribution in [3.8, 4) is 0 Å². The van der Waals surface area contributed by atoms with Crippen LogP contribution in [0.5, 0.6) is 0 Å². The van der Waals surface area contributed by atoms with Gasteiger partial charge in [0, 0.05) is 37.7 Å². The lowest BCUT2D eigenvalue weighted by molar-refractivity contribution is -0.147. The molecule has 1 fully saturated rings. The number of rotatable bonds is 5. The lowest BCUT2D eigenvalue weighted by Gasteiger charge is -2.39. The second-order valence-electron chi connectivity index (χ2n) is 9.39. The van der Waals surface area contributed by atoms with Crippen LogP contribution >= 0.6 is 0 Å². The summed E-state index contributed by atoms with van der Waals surface area (Å²) in [5, 5.41) is 13.9. The van der Waals surface area contributed by atoms with Crippen LogP contribution in [0, 0.1) is 0 Å². The van der Waals surface area contributed by atoms with Gasteiger partial charge in [-0.2, -0.15) is 5.10 Å². The average Bonchev–Trinajstić information content (AvgIpc) is 3.52. The van der Waals surface area contributed by atoms with Gasteiger partial charge in [0.05, 0.1) is 35.7 Å². The van der Waals surface area contributed by atoms with Gasteiger partial charge in [-0.1, -0.05) is 42.5 Å².